The highest BCUT2D eigenvalue weighted by molar-refractivity contribution is 6.32. The summed E-state index contributed by atoms with van der Waals surface area (Å²) < 4.78 is 84.9. The van der Waals surface area contributed by atoms with Crippen LogP contribution >= 0.6 is 11.6 Å². The maximum Gasteiger partial charge on any atom is 0.416 e. The van der Waals surface area contributed by atoms with Gasteiger partial charge in [-0.2, -0.15) is 13.2 Å². The van der Waals surface area contributed by atoms with Crippen molar-refractivity contribution in [1.82, 2.24) is 5.32 Å². The Hall–Kier alpha value is -4.24. The molecule has 3 amide bonds. The van der Waals surface area contributed by atoms with Crippen LogP contribution in [0.15, 0.2) is 54.6 Å². The van der Waals surface area contributed by atoms with Crippen molar-refractivity contribution in [2.75, 3.05) is 5.32 Å². The molecule has 0 aromatic heterocycles. The van der Waals surface area contributed by atoms with Crippen molar-refractivity contribution in [2.45, 2.75) is 6.18 Å². The summed E-state index contributed by atoms with van der Waals surface area (Å²) in [5.41, 5.74) is -2.42. The molecule has 0 aliphatic heterocycles. The van der Waals surface area contributed by atoms with E-state index in [-0.39, 0.29) is 16.5 Å². The molecule has 182 valence electrons. The number of carbonyl (C=O) groups excluding carboxylic acids is 2. The topological polar surface area (TPSA) is 91.2 Å². The van der Waals surface area contributed by atoms with E-state index in [1.54, 1.807) is 5.32 Å². The number of hydrogen-bond acceptors (Lipinski definition) is 4. The van der Waals surface area contributed by atoms with Crippen molar-refractivity contribution in [1.29, 1.82) is 5.26 Å². The lowest BCUT2D eigenvalue weighted by Gasteiger charge is -2.12. The summed E-state index contributed by atoms with van der Waals surface area (Å²) in [4.78, 5) is 23.8. The van der Waals surface area contributed by atoms with Crippen LogP contribution in [-0.2, 0) is 6.18 Å². The summed E-state index contributed by atoms with van der Waals surface area (Å²) in [6.45, 7) is 3.50. The third-order valence-corrected chi connectivity index (χ3v) is 4.39. The Bertz CT molecular complexity index is 1260. The maximum atomic E-state index is 14.3. The Labute approximate surface area is 198 Å². The van der Waals surface area contributed by atoms with E-state index in [4.69, 9.17) is 21.6 Å². The van der Waals surface area contributed by atoms with E-state index in [1.165, 1.54) is 0 Å². The van der Waals surface area contributed by atoms with Gasteiger partial charge in [0.15, 0.2) is 0 Å². The number of halogens is 7. The van der Waals surface area contributed by atoms with Gasteiger partial charge in [0.25, 0.3) is 5.91 Å². The summed E-state index contributed by atoms with van der Waals surface area (Å²) in [6, 6.07) is 6.68. The summed E-state index contributed by atoms with van der Waals surface area (Å²) in [6.07, 6.45) is -4.61. The van der Waals surface area contributed by atoms with Crippen molar-refractivity contribution in [2.24, 2.45) is 0 Å². The van der Waals surface area contributed by atoms with Gasteiger partial charge in [-0.1, -0.05) is 17.7 Å². The number of carbonyl (C=O) groups is 2. The molecule has 0 aliphatic rings. The summed E-state index contributed by atoms with van der Waals surface area (Å²) in [5, 5.41) is 9.77. The summed E-state index contributed by atoms with van der Waals surface area (Å²) in [7, 11) is 0. The van der Waals surface area contributed by atoms with Crippen LogP contribution < -0.4 is 15.4 Å². The minimum atomic E-state index is -4.61. The van der Waals surface area contributed by atoms with Crippen molar-refractivity contribution >= 4 is 29.2 Å². The van der Waals surface area contributed by atoms with E-state index in [0.717, 1.165) is 48.5 Å². The number of benzene rings is 3. The molecule has 0 atom stereocenters. The SMILES string of the molecule is C#N.O=C(NC(=O)c1c(F)cccc1F)Nc1ccc(Oc2ccc(C(F)(F)F)cc2Cl)cc1F. The first-order valence-corrected chi connectivity index (χ1v) is 9.50. The van der Waals surface area contributed by atoms with Gasteiger partial charge < -0.3 is 10.1 Å². The molecular weight excluding hydrogens is 504 g/mol. The van der Waals surface area contributed by atoms with Crippen molar-refractivity contribution in [3.8, 4) is 18.1 Å². The number of imide groups is 1. The number of anilines is 1. The van der Waals surface area contributed by atoms with Crippen LogP contribution in [0.4, 0.5) is 36.8 Å². The van der Waals surface area contributed by atoms with Gasteiger partial charge in [0.05, 0.1) is 16.3 Å². The van der Waals surface area contributed by atoms with Gasteiger partial charge in [-0.15, -0.1) is 0 Å². The van der Waals surface area contributed by atoms with Gasteiger partial charge in [-0.25, -0.2) is 23.2 Å². The zero-order valence-corrected chi connectivity index (χ0v) is 17.8. The molecule has 0 unspecified atom stereocenters. The molecule has 3 aromatic rings. The first kappa shape index (κ1) is 27.0. The third-order valence-electron chi connectivity index (χ3n) is 4.09. The van der Waals surface area contributed by atoms with E-state index >= 15 is 0 Å². The van der Waals surface area contributed by atoms with Crippen LogP contribution in [-0.4, -0.2) is 11.9 Å². The van der Waals surface area contributed by atoms with Crippen LogP contribution in [0.25, 0.3) is 0 Å². The highest BCUT2D eigenvalue weighted by Crippen LogP contribution is 2.36. The van der Waals surface area contributed by atoms with E-state index < -0.39 is 52.4 Å². The molecule has 0 radical (unpaired) electrons. The summed E-state index contributed by atoms with van der Waals surface area (Å²) in [5.74, 6) is -5.18. The molecule has 0 spiro atoms. The Morgan fingerprint density at radius 1 is 0.914 bits per heavy atom. The highest BCUT2D eigenvalue weighted by Gasteiger charge is 2.31. The average Bonchev–Trinajstić information content (AvgIpc) is 2.77. The number of nitriles is 1. The molecule has 6 nitrogen and oxygen atoms in total. The number of hydrogen-bond donors (Lipinski definition) is 2. The number of rotatable bonds is 4. The monoisotopic (exact) mass is 515 g/mol. The molecular formula is C22H12ClF6N3O3. The number of nitrogens with one attached hydrogen (secondary N) is 2. The second kappa shape index (κ2) is 11.3. The lowest BCUT2D eigenvalue weighted by Crippen LogP contribution is -2.35. The molecule has 0 saturated carbocycles. The number of amides is 3. The second-order valence-corrected chi connectivity index (χ2v) is 6.80. The first-order valence-electron chi connectivity index (χ1n) is 9.12. The standard InChI is InChI=1S/C21H11ClF6N2O3.CHN/c22-12-8-10(21(26,27)28)4-7-17(12)33-11-5-6-16(15(25)9-11)29-20(32)30-19(31)18-13(23)2-1-3-14(18)24;1-2/h1-9H,(H2,29,30,31,32);1H. The number of ether oxygens (including phenoxy) is 1. The normalized spacial score (nSPS) is 10.5. The molecule has 0 fully saturated rings. The Kier molecular flexibility index (Phi) is 8.69. The molecule has 0 bridgehead atoms. The number of nitrogens with zero attached hydrogens (tertiary/aromatic N) is 1. The smallest absolute Gasteiger partial charge is 0.416 e. The second-order valence-electron chi connectivity index (χ2n) is 6.39. The van der Waals surface area contributed by atoms with Gasteiger partial charge >= 0.3 is 12.2 Å². The molecule has 0 heterocycles. The van der Waals surface area contributed by atoms with Crippen LogP contribution in [0.2, 0.25) is 5.02 Å². The molecule has 0 saturated heterocycles. The zero-order valence-electron chi connectivity index (χ0n) is 17.1. The molecule has 0 aliphatic carbocycles. The quantitative estimate of drug-likeness (QED) is 0.380. The minimum absolute atomic E-state index is 0.162. The predicted octanol–water partition coefficient (Wildman–Crippen LogP) is 6.67. The van der Waals surface area contributed by atoms with Gasteiger partial charge in [-0.05, 0) is 42.5 Å². The van der Waals surface area contributed by atoms with Crippen molar-refractivity contribution < 1.29 is 40.7 Å². The van der Waals surface area contributed by atoms with Crippen LogP contribution in [0.1, 0.15) is 15.9 Å². The highest BCUT2D eigenvalue weighted by atomic mass is 35.5. The Morgan fingerprint density at radius 3 is 2.09 bits per heavy atom. The lowest BCUT2D eigenvalue weighted by atomic mass is 10.2. The average molecular weight is 516 g/mol. The molecule has 13 heteroatoms. The van der Waals surface area contributed by atoms with E-state index in [0.29, 0.717) is 6.07 Å². The fraction of sp³-hybridized carbons (Fsp3) is 0.0455. The predicted molar refractivity (Wildman–Crippen MR) is 112 cm³/mol. The molecule has 2 N–H and O–H groups in total. The fourth-order valence-corrected chi connectivity index (χ4v) is 2.80. The van der Waals surface area contributed by atoms with Gasteiger partial charge in [0, 0.05) is 12.6 Å². The Balaban J connectivity index is 0.00000210. The molecule has 3 rings (SSSR count). The third kappa shape index (κ3) is 6.87. The number of urea groups is 1. The lowest BCUT2D eigenvalue weighted by molar-refractivity contribution is -0.137. The Morgan fingerprint density at radius 2 is 1.54 bits per heavy atom. The summed E-state index contributed by atoms with van der Waals surface area (Å²) >= 11 is 5.78. The number of alkyl halides is 3. The van der Waals surface area contributed by atoms with E-state index in [9.17, 15) is 35.9 Å². The first-order chi connectivity index (χ1) is 16.5. The maximum absolute atomic E-state index is 14.3. The van der Waals surface area contributed by atoms with Gasteiger partial charge in [-0.3, -0.25) is 10.1 Å². The van der Waals surface area contributed by atoms with Crippen LogP contribution in [0.5, 0.6) is 11.5 Å². The molecule has 35 heavy (non-hydrogen) atoms. The van der Waals surface area contributed by atoms with Crippen molar-refractivity contribution in [3.05, 3.63) is 88.2 Å². The van der Waals surface area contributed by atoms with E-state index in [2.05, 4.69) is 6.57 Å². The zero-order chi connectivity index (χ0) is 26.3. The van der Waals surface area contributed by atoms with Crippen LogP contribution in [0, 0.1) is 29.3 Å². The minimum Gasteiger partial charge on any atom is -0.456 e. The van der Waals surface area contributed by atoms with Crippen LogP contribution in [0.3, 0.4) is 0 Å². The van der Waals surface area contributed by atoms with Crippen molar-refractivity contribution in [3.63, 3.8) is 0 Å². The largest absolute Gasteiger partial charge is 0.456 e. The van der Waals surface area contributed by atoms with E-state index in [1.807, 2.05) is 5.32 Å². The van der Waals surface area contributed by atoms with Gasteiger partial charge in [0.1, 0.15) is 34.5 Å². The molecule has 3 aromatic carbocycles. The fourth-order valence-electron chi connectivity index (χ4n) is 2.58. The van der Waals surface area contributed by atoms with Gasteiger partial charge in [0.2, 0.25) is 0 Å².